The minimum atomic E-state index is -1.08. The Balaban J connectivity index is 2.64. The molecule has 0 unspecified atom stereocenters. The maximum absolute atomic E-state index is 11.0. The summed E-state index contributed by atoms with van der Waals surface area (Å²) < 4.78 is 15.9. The number of hydrogen-bond acceptors (Lipinski definition) is 5. The van der Waals surface area contributed by atoms with Crippen molar-refractivity contribution in [3.05, 3.63) is 29.5 Å². The van der Waals surface area contributed by atoms with Crippen LogP contribution in [0.25, 0.3) is 11.3 Å². The molecule has 0 aliphatic rings. The molecule has 0 saturated heterocycles. The molecule has 112 valence electrons. The summed E-state index contributed by atoms with van der Waals surface area (Å²) in [4.78, 5) is 11.0. The quantitative estimate of drug-likeness (QED) is 0.845. The average molecular weight is 292 g/mol. The Morgan fingerprint density at radius 1 is 1.24 bits per heavy atom. The molecule has 0 aliphatic heterocycles. The summed E-state index contributed by atoms with van der Waals surface area (Å²) in [6.07, 6.45) is 0. The van der Waals surface area contributed by atoms with Gasteiger partial charge in [-0.1, -0.05) is 0 Å². The highest BCUT2D eigenvalue weighted by atomic mass is 16.5. The van der Waals surface area contributed by atoms with Crippen LogP contribution in [0.1, 0.15) is 16.1 Å². The number of H-pyrrole nitrogens is 1. The fraction of sp³-hybridized carbons (Fsp3) is 0.286. The van der Waals surface area contributed by atoms with Crippen LogP contribution in [0, 0.1) is 0 Å². The molecule has 0 aliphatic carbocycles. The standard InChI is InChI=1S/C14H16N2O5/c1-19-7-8-11(20-2)4-5-12(21-3)13(8)9-6-10(14(17)18)16-15-9/h4-6H,7H2,1-3H3,(H,15,16)(H,17,18). The Bertz CT molecular complexity index is 651. The van der Waals surface area contributed by atoms with Crippen molar-refractivity contribution < 1.29 is 24.1 Å². The van der Waals surface area contributed by atoms with E-state index in [0.717, 1.165) is 5.56 Å². The summed E-state index contributed by atoms with van der Waals surface area (Å²) in [5.74, 6) is 0.0997. The molecule has 0 radical (unpaired) electrons. The first kappa shape index (κ1) is 14.9. The Morgan fingerprint density at radius 2 is 1.90 bits per heavy atom. The van der Waals surface area contributed by atoms with E-state index in [1.807, 2.05) is 0 Å². The van der Waals surface area contributed by atoms with Crippen molar-refractivity contribution in [2.45, 2.75) is 6.61 Å². The zero-order valence-corrected chi connectivity index (χ0v) is 12.0. The number of ether oxygens (including phenoxy) is 3. The molecule has 0 saturated carbocycles. The number of benzene rings is 1. The van der Waals surface area contributed by atoms with E-state index in [9.17, 15) is 4.79 Å². The van der Waals surface area contributed by atoms with Crippen molar-refractivity contribution in [3.8, 4) is 22.8 Å². The summed E-state index contributed by atoms with van der Waals surface area (Å²) in [6.45, 7) is 0.283. The van der Waals surface area contributed by atoms with Crippen LogP contribution in [0.4, 0.5) is 0 Å². The van der Waals surface area contributed by atoms with E-state index < -0.39 is 5.97 Å². The number of rotatable bonds is 6. The van der Waals surface area contributed by atoms with Crippen molar-refractivity contribution in [3.63, 3.8) is 0 Å². The molecule has 2 N–H and O–H groups in total. The molecule has 7 heteroatoms. The van der Waals surface area contributed by atoms with Gasteiger partial charge in [-0.15, -0.1) is 0 Å². The minimum absolute atomic E-state index is 0.00163. The molecule has 0 spiro atoms. The minimum Gasteiger partial charge on any atom is -0.496 e. The topological polar surface area (TPSA) is 93.7 Å². The van der Waals surface area contributed by atoms with Crippen molar-refractivity contribution in [2.75, 3.05) is 21.3 Å². The van der Waals surface area contributed by atoms with Crippen LogP contribution in [-0.4, -0.2) is 42.6 Å². The molecular weight excluding hydrogens is 276 g/mol. The van der Waals surface area contributed by atoms with Gasteiger partial charge in [-0.3, -0.25) is 5.10 Å². The molecule has 0 amide bonds. The Kier molecular flexibility index (Phi) is 4.44. The van der Waals surface area contributed by atoms with Gasteiger partial charge in [0.05, 0.1) is 32.1 Å². The third-order valence-corrected chi connectivity index (χ3v) is 3.02. The van der Waals surface area contributed by atoms with Crippen LogP contribution in [0.2, 0.25) is 0 Å². The molecule has 2 rings (SSSR count). The number of carboxylic acid groups (broad SMARTS) is 1. The predicted octanol–water partition coefficient (Wildman–Crippen LogP) is 1.94. The first-order valence-corrected chi connectivity index (χ1v) is 6.14. The third-order valence-electron chi connectivity index (χ3n) is 3.02. The fourth-order valence-corrected chi connectivity index (χ4v) is 2.10. The zero-order chi connectivity index (χ0) is 15.4. The van der Waals surface area contributed by atoms with E-state index in [0.29, 0.717) is 22.8 Å². The molecule has 0 bridgehead atoms. The van der Waals surface area contributed by atoms with Crippen LogP contribution in [0.3, 0.4) is 0 Å². The number of nitrogens with one attached hydrogen (secondary N) is 1. The van der Waals surface area contributed by atoms with Gasteiger partial charge in [0.25, 0.3) is 0 Å². The number of nitrogens with zero attached hydrogens (tertiary/aromatic N) is 1. The van der Waals surface area contributed by atoms with Crippen LogP contribution >= 0.6 is 0 Å². The lowest BCUT2D eigenvalue weighted by molar-refractivity contribution is 0.0690. The summed E-state index contributed by atoms with van der Waals surface area (Å²) in [5, 5.41) is 15.5. The highest BCUT2D eigenvalue weighted by molar-refractivity contribution is 5.87. The van der Waals surface area contributed by atoms with Crippen molar-refractivity contribution in [2.24, 2.45) is 0 Å². The van der Waals surface area contributed by atoms with Gasteiger partial charge in [-0.25, -0.2) is 4.79 Å². The van der Waals surface area contributed by atoms with Crippen LogP contribution < -0.4 is 9.47 Å². The van der Waals surface area contributed by atoms with Crippen LogP contribution in [0.15, 0.2) is 18.2 Å². The first-order chi connectivity index (χ1) is 10.1. The molecule has 2 aromatic rings. The molecule has 7 nitrogen and oxygen atoms in total. The van der Waals surface area contributed by atoms with Gasteiger partial charge in [0.2, 0.25) is 0 Å². The van der Waals surface area contributed by atoms with Gasteiger partial charge in [0, 0.05) is 12.7 Å². The number of hydrogen-bond donors (Lipinski definition) is 2. The van der Waals surface area contributed by atoms with Gasteiger partial charge in [-0.05, 0) is 18.2 Å². The first-order valence-electron chi connectivity index (χ1n) is 6.14. The summed E-state index contributed by atoms with van der Waals surface area (Å²) in [5.41, 5.74) is 1.83. The number of aromatic nitrogens is 2. The number of carboxylic acids is 1. The van der Waals surface area contributed by atoms with Gasteiger partial charge in [0.15, 0.2) is 0 Å². The lowest BCUT2D eigenvalue weighted by Gasteiger charge is -2.15. The monoisotopic (exact) mass is 292 g/mol. The van der Waals surface area contributed by atoms with Gasteiger partial charge in [-0.2, -0.15) is 5.10 Å². The van der Waals surface area contributed by atoms with Crippen molar-refractivity contribution >= 4 is 5.97 Å². The average Bonchev–Trinajstić information content (AvgIpc) is 2.96. The SMILES string of the molecule is COCc1c(OC)ccc(OC)c1-c1cc(C(=O)O)[nH]n1. The van der Waals surface area contributed by atoms with Gasteiger partial charge < -0.3 is 19.3 Å². The molecule has 1 heterocycles. The van der Waals surface area contributed by atoms with Crippen molar-refractivity contribution in [1.82, 2.24) is 10.2 Å². The zero-order valence-electron chi connectivity index (χ0n) is 12.0. The Hall–Kier alpha value is -2.54. The number of aromatic amines is 1. The van der Waals surface area contributed by atoms with E-state index in [2.05, 4.69) is 10.2 Å². The molecule has 21 heavy (non-hydrogen) atoms. The second-order valence-electron chi connectivity index (χ2n) is 4.23. The van der Waals surface area contributed by atoms with Crippen molar-refractivity contribution in [1.29, 1.82) is 0 Å². The Morgan fingerprint density at radius 3 is 2.43 bits per heavy atom. The van der Waals surface area contributed by atoms with E-state index in [1.54, 1.807) is 26.4 Å². The van der Waals surface area contributed by atoms with Crippen LogP contribution in [-0.2, 0) is 11.3 Å². The highest BCUT2D eigenvalue weighted by Crippen LogP contribution is 2.38. The Labute approximate surface area is 121 Å². The maximum Gasteiger partial charge on any atom is 0.353 e. The molecule has 1 aromatic carbocycles. The third kappa shape index (κ3) is 2.82. The summed E-state index contributed by atoms with van der Waals surface area (Å²) in [7, 11) is 4.65. The lowest BCUT2D eigenvalue weighted by Crippen LogP contribution is -2.00. The lowest BCUT2D eigenvalue weighted by atomic mass is 10.0. The van der Waals surface area contributed by atoms with Gasteiger partial charge >= 0.3 is 5.97 Å². The second kappa shape index (κ2) is 6.27. The van der Waals surface area contributed by atoms with E-state index >= 15 is 0 Å². The number of carbonyl (C=O) groups is 1. The predicted molar refractivity (Wildman–Crippen MR) is 74.8 cm³/mol. The van der Waals surface area contributed by atoms with E-state index in [4.69, 9.17) is 19.3 Å². The number of aromatic carboxylic acids is 1. The molecule has 0 fully saturated rings. The molecule has 1 aromatic heterocycles. The number of methoxy groups -OCH3 is 3. The second-order valence-corrected chi connectivity index (χ2v) is 4.23. The largest absolute Gasteiger partial charge is 0.496 e. The van der Waals surface area contributed by atoms with Crippen LogP contribution in [0.5, 0.6) is 11.5 Å². The smallest absolute Gasteiger partial charge is 0.353 e. The van der Waals surface area contributed by atoms with E-state index in [-0.39, 0.29) is 12.3 Å². The fourth-order valence-electron chi connectivity index (χ4n) is 2.10. The maximum atomic E-state index is 11.0. The molecular formula is C14H16N2O5. The van der Waals surface area contributed by atoms with Gasteiger partial charge in [0.1, 0.15) is 17.2 Å². The normalized spacial score (nSPS) is 10.4. The molecule has 0 atom stereocenters. The highest BCUT2D eigenvalue weighted by Gasteiger charge is 2.20. The van der Waals surface area contributed by atoms with E-state index in [1.165, 1.54) is 13.2 Å². The summed E-state index contributed by atoms with van der Waals surface area (Å²) in [6, 6.07) is 4.95. The summed E-state index contributed by atoms with van der Waals surface area (Å²) >= 11 is 0.